The molecular formula is C34H42N4O9S2. The maximum atomic E-state index is 14.5. The fourth-order valence-corrected chi connectivity index (χ4v) is 8.99. The van der Waals surface area contributed by atoms with Gasteiger partial charge in [-0.2, -0.15) is 0 Å². The fourth-order valence-electron chi connectivity index (χ4n) is 5.52. The first kappa shape index (κ1) is 37.3. The van der Waals surface area contributed by atoms with Crippen LogP contribution >= 0.6 is 0 Å². The average molecular weight is 715 g/mol. The number of esters is 1. The standard InChI is InChI=1S/C34H42N4O9S2/c1-21-15-26(47-19-30(39)35-14-10-8-9-11-31(40)45-6)16-22(2)33(21)49(42,43)38-29-13-12-25(44-5)17-27(29)37-34(38)48(41)20-28-24(4)32(46-7)23(3)18-36-28/h12-13,15-18H,8-11,14,19-20H2,1-7H3,(H,35,39). The van der Waals surface area contributed by atoms with Gasteiger partial charge in [0.05, 0.1) is 59.5 Å². The van der Waals surface area contributed by atoms with Crippen molar-refractivity contribution >= 4 is 43.7 Å². The van der Waals surface area contributed by atoms with E-state index in [9.17, 15) is 22.2 Å². The molecule has 2 heterocycles. The maximum absolute atomic E-state index is 14.5. The van der Waals surface area contributed by atoms with Crippen molar-refractivity contribution in [2.45, 2.75) is 69.2 Å². The lowest BCUT2D eigenvalue weighted by Crippen LogP contribution is -2.29. The Morgan fingerprint density at radius 1 is 0.918 bits per heavy atom. The SMILES string of the molecule is COC(=O)CCCCCNC(=O)COc1cc(C)c(S(=O)(=O)n2c(S(=O)Cc3ncc(C)c(OC)c3C)nc3cc(OC)ccc32)c(C)c1. The van der Waals surface area contributed by atoms with Gasteiger partial charge in [0.25, 0.3) is 15.9 Å². The molecule has 4 rings (SSSR count). The second-order valence-electron chi connectivity index (χ2n) is 11.5. The number of pyridine rings is 1. The molecule has 15 heteroatoms. The van der Waals surface area contributed by atoms with E-state index in [1.165, 1.54) is 14.2 Å². The van der Waals surface area contributed by atoms with Crippen molar-refractivity contribution in [2.24, 2.45) is 0 Å². The minimum atomic E-state index is -4.36. The number of amides is 1. The number of benzene rings is 2. The van der Waals surface area contributed by atoms with Crippen LogP contribution in [0.2, 0.25) is 0 Å². The first-order valence-corrected chi connectivity index (χ1v) is 18.3. The molecular weight excluding hydrogens is 673 g/mol. The van der Waals surface area contributed by atoms with Crippen molar-refractivity contribution in [1.29, 1.82) is 0 Å². The molecule has 49 heavy (non-hydrogen) atoms. The lowest BCUT2D eigenvalue weighted by Gasteiger charge is -2.17. The molecule has 2 aromatic carbocycles. The van der Waals surface area contributed by atoms with Crippen molar-refractivity contribution in [2.75, 3.05) is 34.5 Å². The Morgan fingerprint density at radius 3 is 2.29 bits per heavy atom. The molecule has 0 fully saturated rings. The summed E-state index contributed by atoms with van der Waals surface area (Å²) in [6, 6.07) is 7.86. The summed E-state index contributed by atoms with van der Waals surface area (Å²) in [5, 5.41) is 2.61. The molecule has 0 radical (unpaired) electrons. The van der Waals surface area contributed by atoms with Gasteiger partial charge in [0, 0.05) is 36.4 Å². The highest BCUT2D eigenvalue weighted by Crippen LogP contribution is 2.33. The molecule has 4 aromatic rings. The lowest BCUT2D eigenvalue weighted by molar-refractivity contribution is -0.140. The molecule has 1 amide bonds. The molecule has 0 saturated heterocycles. The van der Waals surface area contributed by atoms with Gasteiger partial charge < -0.3 is 24.3 Å². The summed E-state index contributed by atoms with van der Waals surface area (Å²) in [5.74, 6) is 0.710. The number of ether oxygens (including phenoxy) is 4. The lowest BCUT2D eigenvalue weighted by atomic mass is 10.1. The van der Waals surface area contributed by atoms with Crippen LogP contribution in [0.1, 0.15) is 53.6 Å². The topological polar surface area (TPSA) is 165 Å². The van der Waals surface area contributed by atoms with E-state index >= 15 is 0 Å². The molecule has 0 spiro atoms. The zero-order valence-corrected chi connectivity index (χ0v) is 30.4. The number of hydrogen-bond acceptors (Lipinski definition) is 11. The van der Waals surface area contributed by atoms with Crippen LogP contribution in [0.15, 0.2) is 46.6 Å². The summed E-state index contributed by atoms with van der Waals surface area (Å²) in [5.41, 5.74) is 3.28. The highest BCUT2D eigenvalue weighted by atomic mass is 32.2. The second kappa shape index (κ2) is 16.3. The Bertz CT molecular complexity index is 1970. The predicted octanol–water partition coefficient (Wildman–Crippen LogP) is 4.46. The van der Waals surface area contributed by atoms with Crippen LogP contribution in [-0.4, -0.2) is 72.9 Å². The normalized spacial score (nSPS) is 12.1. The summed E-state index contributed by atoms with van der Waals surface area (Å²) in [7, 11) is -1.92. The van der Waals surface area contributed by atoms with Crippen LogP contribution in [0.4, 0.5) is 0 Å². The quantitative estimate of drug-likeness (QED) is 0.129. The minimum Gasteiger partial charge on any atom is -0.497 e. The average Bonchev–Trinajstić information content (AvgIpc) is 3.46. The summed E-state index contributed by atoms with van der Waals surface area (Å²) >= 11 is 0. The first-order valence-electron chi connectivity index (χ1n) is 15.6. The van der Waals surface area contributed by atoms with E-state index in [1.807, 2.05) is 13.8 Å². The summed E-state index contributed by atoms with van der Waals surface area (Å²) in [4.78, 5) is 32.5. The first-order chi connectivity index (χ1) is 23.3. The van der Waals surface area contributed by atoms with Crippen molar-refractivity contribution in [1.82, 2.24) is 19.3 Å². The number of fused-ring (bicyclic) bond motifs is 1. The molecule has 1 atom stereocenters. The third-order valence-corrected chi connectivity index (χ3v) is 11.3. The number of methoxy groups -OCH3 is 3. The van der Waals surface area contributed by atoms with Gasteiger partial charge in [0.15, 0.2) is 6.61 Å². The third-order valence-electron chi connectivity index (χ3n) is 7.92. The third kappa shape index (κ3) is 8.57. The number of nitrogens with zero attached hydrogens (tertiary/aromatic N) is 3. The molecule has 1 N–H and O–H groups in total. The van der Waals surface area contributed by atoms with Crippen LogP contribution in [0, 0.1) is 27.7 Å². The largest absolute Gasteiger partial charge is 0.497 e. The van der Waals surface area contributed by atoms with Gasteiger partial charge in [0.2, 0.25) is 5.16 Å². The maximum Gasteiger partial charge on any atom is 0.305 e. The zero-order valence-electron chi connectivity index (χ0n) is 28.7. The van der Waals surface area contributed by atoms with Gasteiger partial charge in [0.1, 0.15) is 17.2 Å². The Kier molecular flexibility index (Phi) is 12.4. The molecule has 1 unspecified atom stereocenters. The molecule has 0 aliphatic rings. The second-order valence-corrected chi connectivity index (χ2v) is 14.5. The van der Waals surface area contributed by atoms with Gasteiger partial charge in [-0.05, 0) is 75.9 Å². The van der Waals surface area contributed by atoms with Crippen molar-refractivity contribution in [3.05, 3.63) is 64.5 Å². The molecule has 0 bridgehead atoms. The fraction of sp³-hybridized carbons (Fsp3) is 0.412. The Morgan fingerprint density at radius 2 is 1.63 bits per heavy atom. The summed E-state index contributed by atoms with van der Waals surface area (Å²) < 4.78 is 65.2. The number of aryl methyl sites for hydroxylation is 3. The van der Waals surface area contributed by atoms with Crippen LogP contribution in [0.25, 0.3) is 11.0 Å². The zero-order chi connectivity index (χ0) is 35.9. The highest BCUT2D eigenvalue weighted by Gasteiger charge is 2.31. The smallest absolute Gasteiger partial charge is 0.305 e. The minimum absolute atomic E-state index is 0.00376. The number of rotatable bonds is 16. The van der Waals surface area contributed by atoms with Crippen molar-refractivity contribution < 1.29 is 41.2 Å². The number of nitrogens with one attached hydrogen (secondary N) is 1. The summed E-state index contributed by atoms with van der Waals surface area (Å²) in [6.45, 7) is 7.10. The Labute approximate surface area is 288 Å². The van der Waals surface area contributed by atoms with Crippen LogP contribution in [-0.2, 0) is 40.9 Å². The Hall–Kier alpha value is -4.50. The van der Waals surface area contributed by atoms with E-state index in [2.05, 4.69) is 20.0 Å². The number of carbonyl (C=O) groups is 2. The van der Waals surface area contributed by atoms with Crippen LogP contribution in [0.3, 0.4) is 0 Å². The van der Waals surface area contributed by atoms with Gasteiger partial charge in [-0.1, -0.05) is 6.42 Å². The number of carbonyl (C=O) groups excluding carboxylic acids is 2. The van der Waals surface area contributed by atoms with Crippen LogP contribution < -0.4 is 19.5 Å². The van der Waals surface area contributed by atoms with E-state index in [0.29, 0.717) is 71.0 Å². The number of hydrogen-bond donors (Lipinski definition) is 1. The predicted molar refractivity (Wildman–Crippen MR) is 184 cm³/mol. The molecule has 13 nitrogen and oxygen atoms in total. The monoisotopic (exact) mass is 714 g/mol. The summed E-state index contributed by atoms with van der Waals surface area (Å²) in [6.07, 6.45) is 4.09. The molecule has 0 aliphatic carbocycles. The highest BCUT2D eigenvalue weighted by molar-refractivity contribution is 7.91. The van der Waals surface area contributed by atoms with Crippen molar-refractivity contribution in [3.8, 4) is 17.2 Å². The van der Waals surface area contributed by atoms with E-state index in [4.69, 9.17) is 14.2 Å². The Balaban J connectivity index is 1.59. The number of imidazole rings is 1. The number of unbranched alkanes of at least 4 members (excludes halogenated alkanes) is 2. The van der Waals surface area contributed by atoms with E-state index in [0.717, 1.165) is 16.0 Å². The molecule has 264 valence electrons. The van der Waals surface area contributed by atoms with Gasteiger partial charge in [-0.3, -0.25) is 18.8 Å². The van der Waals surface area contributed by atoms with Crippen molar-refractivity contribution in [3.63, 3.8) is 0 Å². The molecule has 0 saturated carbocycles. The molecule has 0 aliphatic heterocycles. The number of aromatic nitrogens is 3. The van der Waals surface area contributed by atoms with E-state index in [1.54, 1.807) is 57.5 Å². The van der Waals surface area contributed by atoms with Crippen LogP contribution in [0.5, 0.6) is 17.2 Å². The van der Waals surface area contributed by atoms with E-state index < -0.39 is 20.8 Å². The van der Waals surface area contributed by atoms with Gasteiger partial charge in [-0.25, -0.2) is 17.4 Å². The van der Waals surface area contributed by atoms with Gasteiger partial charge in [-0.15, -0.1) is 0 Å². The van der Waals surface area contributed by atoms with Gasteiger partial charge >= 0.3 is 5.97 Å². The molecule has 2 aromatic heterocycles. The van der Waals surface area contributed by atoms with E-state index in [-0.39, 0.29) is 39.8 Å².